The van der Waals surface area contributed by atoms with Gasteiger partial charge in [-0.05, 0) is 19.3 Å². The van der Waals surface area contributed by atoms with Gasteiger partial charge in [-0.3, -0.25) is 0 Å². The minimum Gasteiger partial charge on any atom is -0.445 e. The number of alkyl halides is 2. The van der Waals surface area contributed by atoms with Crippen molar-refractivity contribution in [2.24, 2.45) is 0 Å². The van der Waals surface area contributed by atoms with E-state index in [-0.39, 0.29) is 11.6 Å². The van der Waals surface area contributed by atoms with Gasteiger partial charge in [-0.1, -0.05) is 13.8 Å². The van der Waals surface area contributed by atoms with Crippen LogP contribution in [0.1, 0.15) is 68.7 Å². The molecule has 0 aromatic carbocycles. The van der Waals surface area contributed by atoms with E-state index >= 15 is 0 Å². The van der Waals surface area contributed by atoms with Gasteiger partial charge in [-0.15, -0.1) is 0 Å². The molecule has 1 aromatic rings. The topological polar surface area (TPSA) is 26.0 Å². The number of nitrogens with zero attached hydrogens (tertiary/aromatic N) is 1. The lowest BCUT2D eigenvalue weighted by Gasteiger charge is -2.05. The molecule has 2 nitrogen and oxygen atoms in total. The Morgan fingerprint density at radius 2 is 2.13 bits per heavy atom. The van der Waals surface area contributed by atoms with Gasteiger partial charge in [0, 0.05) is 11.8 Å². The molecular weight excluding hydrogens is 200 g/mol. The van der Waals surface area contributed by atoms with E-state index < -0.39 is 6.43 Å². The molecule has 0 amide bonds. The van der Waals surface area contributed by atoms with Crippen molar-refractivity contribution in [2.45, 2.75) is 51.4 Å². The van der Waals surface area contributed by atoms with Crippen molar-refractivity contribution in [3.63, 3.8) is 0 Å². The van der Waals surface area contributed by atoms with E-state index in [2.05, 4.69) is 4.98 Å². The molecule has 1 saturated carbocycles. The molecule has 1 atom stereocenters. The summed E-state index contributed by atoms with van der Waals surface area (Å²) in [5.74, 6) is 1.21. The smallest absolute Gasteiger partial charge is 0.283 e. The second-order valence-electron chi connectivity index (χ2n) is 4.19. The summed E-state index contributed by atoms with van der Waals surface area (Å²) in [6.45, 7) is 3.85. The van der Waals surface area contributed by atoms with E-state index in [9.17, 15) is 8.78 Å². The van der Waals surface area contributed by atoms with E-state index in [1.807, 2.05) is 13.8 Å². The lowest BCUT2D eigenvalue weighted by Crippen LogP contribution is -1.96. The first kappa shape index (κ1) is 10.6. The van der Waals surface area contributed by atoms with E-state index in [1.165, 1.54) is 0 Å². The van der Waals surface area contributed by atoms with Crippen molar-refractivity contribution in [1.82, 2.24) is 4.98 Å². The highest BCUT2D eigenvalue weighted by Crippen LogP contribution is 2.42. The van der Waals surface area contributed by atoms with Gasteiger partial charge in [0.25, 0.3) is 6.43 Å². The Kier molecular flexibility index (Phi) is 2.76. The molecule has 0 spiro atoms. The van der Waals surface area contributed by atoms with Crippen LogP contribution in [0.25, 0.3) is 0 Å². The Bertz CT molecular complexity index is 344. The highest BCUT2D eigenvalue weighted by atomic mass is 19.3. The van der Waals surface area contributed by atoms with Gasteiger partial charge in [0.15, 0.2) is 5.89 Å². The normalized spacial score (nSPS) is 18.5. The molecule has 1 aliphatic carbocycles. The van der Waals surface area contributed by atoms with E-state index in [1.54, 1.807) is 0 Å². The Labute approximate surface area is 87.7 Å². The maximum absolute atomic E-state index is 12.7. The molecule has 1 heterocycles. The molecule has 2 rings (SSSR count). The first-order valence-electron chi connectivity index (χ1n) is 5.42. The van der Waals surface area contributed by atoms with E-state index in [0.717, 1.165) is 19.3 Å². The van der Waals surface area contributed by atoms with Crippen LogP contribution in [0.3, 0.4) is 0 Å². The number of halogens is 2. The molecule has 1 aromatic heterocycles. The summed E-state index contributed by atoms with van der Waals surface area (Å²) in [7, 11) is 0. The summed E-state index contributed by atoms with van der Waals surface area (Å²) in [4.78, 5) is 3.92. The van der Waals surface area contributed by atoms with Crippen LogP contribution < -0.4 is 0 Å². The number of aromatic nitrogens is 1. The second kappa shape index (κ2) is 3.91. The van der Waals surface area contributed by atoms with Gasteiger partial charge in [0.2, 0.25) is 0 Å². The van der Waals surface area contributed by atoms with Gasteiger partial charge < -0.3 is 4.42 Å². The largest absolute Gasteiger partial charge is 0.445 e. The molecule has 0 aliphatic heterocycles. The van der Waals surface area contributed by atoms with E-state index in [0.29, 0.717) is 17.6 Å². The summed E-state index contributed by atoms with van der Waals surface area (Å²) in [6, 6.07) is 0. The second-order valence-corrected chi connectivity index (χ2v) is 4.19. The van der Waals surface area contributed by atoms with Gasteiger partial charge in [-0.2, -0.15) is 0 Å². The highest BCUT2D eigenvalue weighted by molar-refractivity contribution is 5.18. The van der Waals surface area contributed by atoms with Gasteiger partial charge >= 0.3 is 0 Å². The molecule has 0 N–H and O–H groups in total. The average molecular weight is 215 g/mol. The SMILES string of the molecule is CCC(C)c1oc(C2CC2)nc1C(F)F. The fourth-order valence-electron chi connectivity index (χ4n) is 1.56. The van der Waals surface area contributed by atoms with Crippen molar-refractivity contribution < 1.29 is 13.2 Å². The minimum atomic E-state index is -2.52. The number of oxazole rings is 1. The molecule has 0 bridgehead atoms. The quantitative estimate of drug-likeness (QED) is 0.758. The first-order valence-corrected chi connectivity index (χ1v) is 5.42. The number of hydrogen-bond donors (Lipinski definition) is 0. The maximum Gasteiger partial charge on any atom is 0.283 e. The third kappa shape index (κ3) is 2.03. The van der Waals surface area contributed by atoms with Crippen molar-refractivity contribution in [3.8, 4) is 0 Å². The maximum atomic E-state index is 12.7. The van der Waals surface area contributed by atoms with Crippen LogP contribution in [0, 0.1) is 0 Å². The van der Waals surface area contributed by atoms with Gasteiger partial charge in [0.05, 0.1) is 0 Å². The van der Waals surface area contributed by atoms with Gasteiger partial charge in [-0.25, -0.2) is 13.8 Å². The fourth-order valence-corrected chi connectivity index (χ4v) is 1.56. The van der Waals surface area contributed by atoms with Crippen LogP contribution >= 0.6 is 0 Å². The zero-order chi connectivity index (χ0) is 11.0. The van der Waals surface area contributed by atoms with Crippen LogP contribution in [0.15, 0.2) is 4.42 Å². The summed E-state index contributed by atoms with van der Waals surface area (Å²) < 4.78 is 30.9. The van der Waals surface area contributed by atoms with Crippen molar-refractivity contribution in [2.75, 3.05) is 0 Å². The molecule has 84 valence electrons. The number of hydrogen-bond acceptors (Lipinski definition) is 2. The molecule has 15 heavy (non-hydrogen) atoms. The molecule has 4 heteroatoms. The van der Waals surface area contributed by atoms with Crippen molar-refractivity contribution in [1.29, 1.82) is 0 Å². The van der Waals surface area contributed by atoms with E-state index in [4.69, 9.17) is 4.42 Å². The molecule has 1 fully saturated rings. The molecule has 1 aliphatic rings. The lowest BCUT2D eigenvalue weighted by atomic mass is 10.0. The average Bonchev–Trinajstić information content (AvgIpc) is 2.96. The Morgan fingerprint density at radius 3 is 2.60 bits per heavy atom. The zero-order valence-electron chi connectivity index (χ0n) is 8.96. The summed E-state index contributed by atoms with van der Waals surface area (Å²) >= 11 is 0. The Morgan fingerprint density at radius 1 is 1.47 bits per heavy atom. The summed E-state index contributed by atoms with van der Waals surface area (Å²) in [5, 5.41) is 0. The minimum absolute atomic E-state index is 0.0222. The Hall–Kier alpha value is -0.930. The molecule has 0 radical (unpaired) electrons. The molecule has 1 unspecified atom stereocenters. The van der Waals surface area contributed by atoms with Crippen LogP contribution in [0.2, 0.25) is 0 Å². The van der Waals surface area contributed by atoms with Gasteiger partial charge in [0.1, 0.15) is 11.5 Å². The predicted octanol–water partition coefficient (Wildman–Crippen LogP) is 4.00. The van der Waals surface area contributed by atoms with Crippen LogP contribution in [-0.2, 0) is 0 Å². The Balaban J connectivity index is 2.32. The monoisotopic (exact) mass is 215 g/mol. The molecular formula is C11H15F2NO. The van der Waals surface area contributed by atoms with Crippen LogP contribution in [0.4, 0.5) is 8.78 Å². The highest BCUT2D eigenvalue weighted by Gasteiger charge is 2.33. The lowest BCUT2D eigenvalue weighted by molar-refractivity contribution is 0.143. The van der Waals surface area contributed by atoms with Crippen molar-refractivity contribution >= 4 is 0 Å². The standard InChI is InChI=1S/C11H15F2NO/c1-3-6(2)9-8(10(12)13)14-11(15-9)7-4-5-7/h6-7,10H,3-5H2,1-2H3. The predicted molar refractivity (Wildman–Crippen MR) is 52.1 cm³/mol. The third-order valence-corrected chi connectivity index (χ3v) is 2.89. The van der Waals surface area contributed by atoms with Crippen molar-refractivity contribution in [3.05, 3.63) is 17.3 Å². The zero-order valence-corrected chi connectivity index (χ0v) is 8.96. The third-order valence-electron chi connectivity index (χ3n) is 2.89. The molecule has 0 saturated heterocycles. The summed E-state index contributed by atoms with van der Waals surface area (Å²) in [6.07, 6.45) is 0.302. The number of rotatable bonds is 4. The summed E-state index contributed by atoms with van der Waals surface area (Å²) in [5.41, 5.74) is -0.147. The van der Waals surface area contributed by atoms with Crippen LogP contribution in [-0.4, -0.2) is 4.98 Å². The fraction of sp³-hybridized carbons (Fsp3) is 0.727. The van der Waals surface area contributed by atoms with Crippen LogP contribution in [0.5, 0.6) is 0 Å². The first-order chi connectivity index (χ1) is 7.13.